The Morgan fingerprint density at radius 1 is 0.167 bits per heavy atom. The van der Waals surface area contributed by atoms with Gasteiger partial charge in [-0.1, -0.05) is 0 Å². The maximum atomic E-state index is 2.00. The summed E-state index contributed by atoms with van der Waals surface area (Å²) in [4.78, 5) is 12.0. The van der Waals surface area contributed by atoms with Gasteiger partial charge in [-0.15, -0.1) is 0 Å². The zero-order valence-electron chi connectivity index (χ0n) is 23.7. The van der Waals surface area contributed by atoms with E-state index in [0.717, 1.165) is 0 Å². The summed E-state index contributed by atoms with van der Waals surface area (Å²) in [6, 6.07) is 0. The Kier molecular flexibility index (Phi) is 183. The van der Waals surface area contributed by atoms with E-state index in [9.17, 15) is 0 Å². The minimum atomic E-state index is 0. The Bertz CT molecular complexity index is 116. The van der Waals surface area contributed by atoms with E-state index in [1.165, 1.54) is 0 Å². The molecule has 0 saturated carbocycles. The Morgan fingerprint density at radius 3 is 0.167 bits per heavy atom. The molecule has 0 saturated heterocycles. The van der Waals surface area contributed by atoms with E-state index in [-0.39, 0.29) is 32.9 Å². The lowest BCUT2D eigenvalue weighted by Crippen LogP contribution is -1.99. The van der Waals surface area contributed by atoms with E-state index in [1.807, 2.05) is 156 Å². The molecule has 12 N–H and O–H groups in total. The Morgan fingerprint density at radius 2 is 0.167 bits per heavy atom. The highest BCUT2D eigenvalue weighted by Gasteiger charge is 1.60. The third-order valence-corrected chi connectivity index (χ3v) is 0. The predicted octanol–water partition coefficient (Wildman–Crippen LogP) is -3.88. The lowest BCUT2D eigenvalue weighted by Gasteiger charge is -1.90. The molecule has 0 aliphatic carbocycles. The van der Waals surface area contributed by atoms with E-state index in [4.69, 9.17) is 0 Å². The topological polar surface area (TPSA) is 208 Å². The fraction of sp³-hybridized carbons (Fsp3) is 1.00. The van der Waals surface area contributed by atoms with Crippen molar-refractivity contribution in [3.05, 3.63) is 0 Å². The number of hydrogen-bond donors (Lipinski definition) is 0. The average molecular weight is 463 g/mol. The quantitative estimate of drug-likeness (QED) is 0.351. The molecule has 0 aromatic heterocycles. The standard InChI is InChI=1S/6C3H9N.6H2O/c6*1-4(2)3;;;;;;/h6*1-3H3;6*1H2. The molecule has 0 radical (unpaired) electrons. The van der Waals surface area contributed by atoms with E-state index in [2.05, 4.69) is 0 Å². The van der Waals surface area contributed by atoms with Crippen molar-refractivity contribution in [1.29, 1.82) is 0 Å². The summed E-state index contributed by atoms with van der Waals surface area (Å²) in [6.45, 7) is 0. The van der Waals surface area contributed by atoms with Crippen LogP contribution in [0.3, 0.4) is 0 Å². The van der Waals surface area contributed by atoms with Crippen LogP contribution in [-0.2, 0) is 0 Å². The summed E-state index contributed by atoms with van der Waals surface area (Å²) < 4.78 is 0. The number of hydrogen-bond acceptors (Lipinski definition) is 6. The molecule has 0 aromatic rings. The van der Waals surface area contributed by atoms with E-state index in [0.29, 0.717) is 0 Å². The second-order valence-corrected chi connectivity index (χ2v) is 8.05. The molecule has 0 spiro atoms. The van der Waals surface area contributed by atoms with Crippen LogP contribution in [0.1, 0.15) is 0 Å². The van der Waals surface area contributed by atoms with Gasteiger partial charge >= 0.3 is 0 Å². The van der Waals surface area contributed by atoms with Gasteiger partial charge in [0.15, 0.2) is 0 Å². The smallest absolute Gasteiger partial charge is 0.0140 e. The van der Waals surface area contributed by atoms with Crippen LogP contribution in [0.25, 0.3) is 0 Å². The molecule has 0 aliphatic heterocycles. The first-order valence-electron chi connectivity index (χ1n) is 8.05. The zero-order chi connectivity index (χ0) is 21.5. The lowest BCUT2D eigenvalue weighted by atomic mass is 11.0. The summed E-state index contributed by atoms with van der Waals surface area (Å²) >= 11 is 0. The van der Waals surface area contributed by atoms with E-state index < -0.39 is 0 Å². The molecular formula is C18H66N6O6. The van der Waals surface area contributed by atoms with Crippen molar-refractivity contribution >= 4 is 0 Å². The highest BCUT2D eigenvalue weighted by molar-refractivity contribution is 4.11. The second kappa shape index (κ2) is 70.4. The van der Waals surface area contributed by atoms with E-state index in [1.54, 1.807) is 0 Å². The van der Waals surface area contributed by atoms with Gasteiger partial charge < -0.3 is 62.3 Å². The molecule has 0 aromatic carbocycles. The molecule has 0 amide bonds. The predicted molar refractivity (Wildman–Crippen MR) is 139 cm³/mol. The Labute approximate surface area is 189 Å². The maximum Gasteiger partial charge on any atom is -0.0140 e. The highest BCUT2D eigenvalue weighted by atomic mass is 16.0. The van der Waals surface area contributed by atoms with Crippen molar-refractivity contribution in [2.75, 3.05) is 127 Å². The minimum Gasteiger partial charge on any atom is -0.412 e. The molecule has 204 valence electrons. The van der Waals surface area contributed by atoms with Gasteiger partial charge in [0.05, 0.1) is 0 Å². The molecule has 0 aliphatic rings. The summed E-state index contributed by atoms with van der Waals surface area (Å²) in [5.41, 5.74) is 0. The lowest BCUT2D eigenvalue weighted by molar-refractivity contribution is 0.505. The zero-order valence-corrected chi connectivity index (χ0v) is 23.7. The van der Waals surface area contributed by atoms with Gasteiger partial charge in [0.2, 0.25) is 0 Å². The van der Waals surface area contributed by atoms with Gasteiger partial charge in [0, 0.05) is 0 Å². The van der Waals surface area contributed by atoms with Crippen molar-refractivity contribution in [2.45, 2.75) is 0 Å². The van der Waals surface area contributed by atoms with Crippen LogP contribution >= 0.6 is 0 Å². The van der Waals surface area contributed by atoms with Gasteiger partial charge in [-0.2, -0.15) is 0 Å². The van der Waals surface area contributed by atoms with Crippen molar-refractivity contribution < 1.29 is 32.9 Å². The van der Waals surface area contributed by atoms with Crippen LogP contribution in [0.2, 0.25) is 0 Å². The van der Waals surface area contributed by atoms with Crippen LogP contribution in [0, 0.1) is 0 Å². The first-order valence-corrected chi connectivity index (χ1v) is 8.05. The molecule has 0 heterocycles. The highest BCUT2D eigenvalue weighted by Crippen LogP contribution is 1.49. The largest absolute Gasteiger partial charge is 0.412 e. The molecule has 12 nitrogen and oxygen atoms in total. The van der Waals surface area contributed by atoms with Gasteiger partial charge in [-0.3, -0.25) is 0 Å². The molecule has 0 unspecified atom stereocenters. The van der Waals surface area contributed by atoms with Crippen molar-refractivity contribution in [2.24, 2.45) is 0 Å². The van der Waals surface area contributed by atoms with Gasteiger partial charge in [0.25, 0.3) is 0 Å². The Balaban J connectivity index is -0.0000000125. The molecule has 0 bridgehead atoms. The molecule has 12 heteroatoms. The first kappa shape index (κ1) is 78.2. The van der Waals surface area contributed by atoms with Crippen LogP contribution in [-0.4, -0.2) is 189 Å². The minimum absolute atomic E-state index is 0. The summed E-state index contributed by atoms with van der Waals surface area (Å²) in [5, 5.41) is 0. The Hall–Kier alpha value is -0.480. The van der Waals surface area contributed by atoms with Crippen LogP contribution in [0.4, 0.5) is 0 Å². The van der Waals surface area contributed by atoms with Gasteiger partial charge in [-0.25, -0.2) is 0 Å². The van der Waals surface area contributed by atoms with Gasteiger partial charge in [0.1, 0.15) is 0 Å². The van der Waals surface area contributed by atoms with Crippen molar-refractivity contribution in [1.82, 2.24) is 29.4 Å². The fourth-order valence-electron chi connectivity index (χ4n) is 0. The summed E-state index contributed by atoms with van der Waals surface area (Å²) in [7, 11) is 36.0. The summed E-state index contributed by atoms with van der Waals surface area (Å²) in [5.74, 6) is 0. The first-order chi connectivity index (χ1) is 10.4. The van der Waals surface area contributed by atoms with Crippen molar-refractivity contribution in [3.63, 3.8) is 0 Å². The van der Waals surface area contributed by atoms with Crippen LogP contribution in [0.5, 0.6) is 0 Å². The fourth-order valence-corrected chi connectivity index (χ4v) is 0. The third-order valence-electron chi connectivity index (χ3n) is 0. The number of nitrogens with zero attached hydrogens (tertiary/aromatic N) is 6. The van der Waals surface area contributed by atoms with Crippen LogP contribution < -0.4 is 0 Å². The average Bonchev–Trinajstić information content (AvgIpc) is 2.08. The summed E-state index contributed by atoms with van der Waals surface area (Å²) in [6.07, 6.45) is 0. The monoisotopic (exact) mass is 463 g/mol. The van der Waals surface area contributed by atoms with Crippen molar-refractivity contribution in [3.8, 4) is 0 Å². The van der Waals surface area contributed by atoms with Crippen LogP contribution in [0.15, 0.2) is 0 Å². The number of rotatable bonds is 0. The molecule has 0 rings (SSSR count). The molecular weight excluding hydrogens is 396 g/mol. The molecule has 0 fully saturated rings. The third kappa shape index (κ3) is 84000. The maximum absolute atomic E-state index is 2.00. The van der Waals surface area contributed by atoms with E-state index >= 15 is 0 Å². The molecule has 0 atom stereocenters. The second-order valence-electron chi connectivity index (χ2n) is 8.05. The van der Waals surface area contributed by atoms with Gasteiger partial charge in [-0.05, 0) is 127 Å². The SMILES string of the molecule is CN(C)C.CN(C)C.CN(C)C.CN(C)C.CN(C)C.CN(C)C.O.O.O.O.O.O. The molecule has 30 heavy (non-hydrogen) atoms. The normalized spacial score (nSPS) is 7.20.